The molecule has 0 unspecified atom stereocenters. The Morgan fingerprint density at radius 1 is 0.968 bits per heavy atom. The lowest BCUT2D eigenvalue weighted by Gasteiger charge is -2.32. The molecule has 1 aromatic rings. The van der Waals surface area contributed by atoms with Crippen molar-refractivity contribution >= 4 is 5.78 Å². The van der Waals surface area contributed by atoms with E-state index in [1.165, 1.54) is 76.6 Å². The van der Waals surface area contributed by atoms with Gasteiger partial charge in [0.25, 0.3) is 0 Å². The Morgan fingerprint density at radius 3 is 2.29 bits per heavy atom. The topological polar surface area (TPSA) is 38.1 Å². The number of unbranched alkanes of at least 4 members (excludes halogenated alkanes) is 2. The number of aromatic nitrogens is 2. The molecule has 4 nitrogen and oxygen atoms in total. The third-order valence-electron chi connectivity index (χ3n) is 7.88. The number of Topliss-reactive ketones (excluding diaryl/α,β-unsaturated/α-hetero) is 1. The van der Waals surface area contributed by atoms with Gasteiger partial charge in [-0.3, -0.25) is 9.48 Å². The number of carbonyl (C=O) groups is 1. The molecule has 31 heavy (non-hydrogen) atoms. The van der Waals surface area contributed by atoms with E-state index in [1.54, 1.807) is 0 Å². The van der Waals surface area contributed by atoms with Crippen LogP contribution in [0.2, 0.25) is 0 Å². The Balaban J connectivity index is 1.21. The SMILES string of the molecule is CC(C)c1cnn(CC2CCN(CCCCC[C@H]3CC[C@@H](C(=O)C(C)C)CC3)CC2)c1. The van der Waals surface area contributed by atoms with Crippen molar-refractivity contribution in [1.29, 1.82) is 0 Å². The van der Waals surface area contributed by atoms with Crippen molar-refractivity contribution in [3.05, 3.63) is 18.0 Å². The van der Waals surface area contributed by atoms with Gasteiger partial charge < -0.3 is 4.90 Å². The van der Waals surface area contributed by atoms with Crippen molar-refractivity contribution in [3.8, 4) is 0 Å². The zero-order chi connectivity index (χ0) is 22.2. The molecule has 0 radical (unpaired) electrons. The van der Waals surface area contributed by atoms with E-state index in [1.807, 2.05) is 6.20 Å². The average molecular weight is 430 g/mol. The summed E-state index contributed by atoms with van der Waals surface area (Å²) < 4.78 is 2.17. The monoisotopic (exact) mass is 429 g/mol. The molecule has 0 bridgehead atoms. The minimum Gasteiger partial charge on any atom is -0.303 e. The van der Waals surface area contributed by atoms with Gasteiger partial charge in [-0.1, -0.05) is 47.0 Å². The molecule has 1 aromatic heterocycles. The highest BCUT2D eigenvalue weighted by atomic mass is 16.1. The van der Waals surface area contributed by atoms with E-state index in [0.29, 0.717) is 17.6 Å². The lowest BCUT2D eigenvalue weighted by molar-refractivity contribution is -0.127. The van der Waals surface area contributed by atoms with Crippen LogP contribution in [0.5, 0.6) is 0 Å². The second-order valence-corrected chi connectivity index (χ2v) is 11.1. The van der Waals surface area contributed by atoms with Crippen molar-refractivity contribution in [1.82, 2.24) is 14.7 Å². The van der Waals surface area contributed by atoms with Crippen molar-refractivity contribution in [2.45, 2.75) is 104 Å². The van der Waals surface area contributed by atoms with Crippen LogP contribution in [0.4, 0.5) is 0 Å². The van der Waals surface area contributed by atoms with E-state index in [9.17, 15) is 4.79 Å². The number of ketones is 1. The molecule has 3 rings (SSSR count). The number of hydrogen-bond acceptors (Lipinski definition) is 3. The number of hydrogen-bond donors (Lipinski definition) is 0. The lowest BCUT2D eigenvalue weighted by Crippen LogP contribution is -2.35. The summed E-state index contributed by atoms with van der Waals surface area (Å²) in [5.74, 6) is 3.32. The quantitative estimate of drug-likeness (QED) is 0.387. The number of likely N-dealkylation sites (tertiary alicyclic amines) is 1. The molecule has 0 aromatic carbocycles. The summed E-state index contributed by atoms with van der Waals surface area (Å²) in [6, 6.07) is 0. The molecule has 0 amide bonds. The molecule has 1 aliphatic heterocycles. The molecule has 0 atom stereocenters. The van der Waals surface area contributed by atoms with Gasteiger partial charge in [-0.2, -0.15) is 5.10 Å². The summed E-state index contributed by atoms with van der Waals surface area (Å²) >= 11 is 0. The summed E-state index contributed by atoms with van der Waals surface area (Å²) in [5, 5.41) is 4.57. The number of piperidine rings is 1. The summed E-state index contributed by atoms with van der Waals surface area (Å²) in [5.41, 5.74) is 1.36. The van der Waals surface area contributed by atoms with Gasteiger partial charge in [-0.25, -0.2) is 0 Å². The fraction of sp³-hybridized carbons (Fsp3) is 0.852. The van der Waals surface area contributed by atoms with Crippen LogP contribution in [0.1, 0.15) is 103 Å². The molecule has 2 heterocycles. The minimum absolute atomic E-state index is 0.218. The molecule has 0 spiro atoms. The fourth-order valence-electron chi connectivity index (χ4n) is 5.59. The van der Waals surface area contributed by atoms with Gasteiger partial charge in [0.1, 0.15) is 5.78 Å². The normalized spacial score (nSPS) is 23.7. The van der Waals surface area contributed by atoms with E-state index in [4.69, 9.17) is 0 Å². The first-order valence-corrected chi connectivity index (χ1v) is 13.2. The smallest absolute Gasteiger partial charge is 0.138 e. The van der Waals surface area contributed by atoms with Crippen LogP contribution in [-0.2, 0) is 11.3 Å². The number of carbonyl (C=O) groups excluding carboxylic acids is 1. The van der Waals surface area contributed by atoms with Gasteiger partial charge in [0.15, 0.2) is 0 Å². The standard InChI is InChI=1S/C27H47N3O/c1-21(2)26-18-28-30(20-26)19-24-13-16-29(17-14-24)15-7-5-6-8-23-9-11-25(12-10-23)27(31)22(3)4/h18,20-25H,5-17,19H2,1-4H3/t23-,25+. The van der Waals surface area contributed by atoms with E-state index >= 15 is 0 Å². The Morgan fingerprint density at radius 2 is 1.68 bits per heavy atom. The maximum Gasteiger partial charge on any atom is 0.138 e. The van der Waals surface area contributed by atoms with E-state index < -0.39 is 0 Å². The Labute approximate surface area is 191 Å². The van der Waals surface area contributed by atoms with Gasteiger partial charge in [-0.05, 0) is 87.9 Å². The molecular weight excluding hydrogens is 382 g/mol. The molecular formula is C27H47N3O. The van der Waals surface area contributed by atoms with Crippen LogP contribution in [0.25, 0.3) is 0 Å². The van der Waals surface area contributed by atoms with Crippen LogP contribution in [0.3, 0.4) is 0 Å². The summed E-state index contributed by atoms with van der Waals surface area (Å²) in [4.78, 5) is 14.9. The lowest BCUT2D eigenvalue weighted by atomic mass is 9.76. The van der Waals surface area contributed by atoms with E-state index in [0.717, 1.165) is 31.2 Å². The van der Waals surface area contributed by atoms with Crippen molar-refractivity contribution in [2.75, 3.05) is 19.6 Å². The van der Waals surface area contributed by atoms with Crippen molar-refractivity contribution in [2.24, 2.45) is 23.7 Å². The highest BCUT2D eigenvalue weighted by molar-refractivity contribution is 5.82. The maximum absolute atomic E-state index is 12.2. The zero-order valence-electron chi connectivity index (χ0n) is 20.7. The van der Waals surface area contributed by atoms with Gasteiger partial charge in [0.05, 0.1) is 6.20 Å². The van der Waals surface area contributed by atoms with Crippen LogP contribution in [0, 0.1) is 23.7 Å². The number of nitrogens with zero attached hydrogens (tertiary/aromatic N) is 3. The second-order valence-electron chi connectivity index (χ2n) is 11.1. The molecule has 2 aliphatic rings. The average Bonchev–Trinajstić information content (AvgIpc) is 3.23. The van der Waals surface area contributed by atoms with Gasteiger partial charge in [-0.15, -0.1) is 0 Å². The summed E-state index contributed by atoms with van der Waals surface area (Å²) in [6.45, 7) is 13.5. The fourth-order valence-corrected chi connectivity index (χ4v) is 5.59. The summed E-state index contributed by atoms with van der Waals surface area (Å²) in [6.07, 6.45) is 17.2. The molecule has 0 N–H and O–H groups in total. The second kappa shape index (κ2) is 12.2. The van der Waals surface area contributed by atoms with Crippen LogP contribution >= 0.6 is 0 Å². The largest absolute Gasteiger partial charge is 0.303 e. The van der Waals surface area contributed by atoms with Crippen molar-refractivity contribution in [3.63, 3.8) is 0 Å². The summed E-state index contributed by atoms with van der Waals surface area (Å²) in [7, 11) is 0. The first-order valence-electron chi connectivity index (χ1n) is 13.2. The Bertz CT molecular complexity index is 649. The van der Waals surface area contributed by atoms with Crippen LogP contribution < -0.4 is 0 Å². The maximum atomic E-state index is 12.2. The van der Waals surface area contributed by atoms with Gasteiger partial charge >= 0.3 is 0 Å². The predicted molar refractivity (Wildman–Crippen MR) is 129 cm³/mol. The molecule has 176 valence electrons. The highest BCUT2D eigenvalue weighted by Crippen LogP contribution is 2.33. The van der Waals surface area contributed by atoms with Gasteiger partial charge in [0, 0.05) is 24.6 Å². The molecule has 4 heteroatoms. The molecule has 2 fully saturated rings. The zero-order valence-corrected chi connectivity index (χ0v) is 20.7. The third-order valence-corrected chi connectivity index (χ3v) is 7.88. The van der Waals surface area contributed by atoms with E-state index in [-0.39, 0.29) is 5.92 Å². The van der Waals surface area contributed by atoms with Crippen LogP contribution in [0.15, 0.2) is 12.4 Å². The van der Waals surface area contributed by atoms with Crippen molar-refractivity contribution < 1.29 is 4.79 Å². The third kappa shape index (κ3) is 7.73. The first-order chi connectivity index (χ1) is 14.9. The molecule has 1 saturated carbocycles. The van der Waals surface area contributed by atoms with Gasteiger partial charge in [0.2, 0.25) is 0 Å². The Hall–Kier alpha value is -1.16. The van der Waals surface area contributed by atoms with Crippen LogP contribution in [-0.4, -0.2) is 40.1 Å². The minimum atomic E-state index is 0.218. The predicted octanol–water partition coefficient (Wildman–Crippen LogP) is 6.31. The molecule has 1 aliphatic carbocycles. The Kier molecular flexibility index (Phi) is 9.62. The first kappa shape index (κ1) is 24.5. The highest BCUT2D eigenvalue weighted by Gasteiger charge is 2.27. The molecule has 1 saturated heterocycles. The van der Waals surface area contributed by atoms with E-state index in [2.05, 4.69) is 48.6 Å². The number of rotatable bonds is 11.